The first-order chi connectivity index (χ1) is 9.72. The van der Waals surface area contributed by atoms with Gasteiger partial charge in [0.2, 0.25) is 0 Å². The first-order valence-corrected chi connectivity index (χ1v) is 8.31. The van der Waals surface area contributed by atoms with E-state index in [1.54, 1.807) is 7.11 Å². The lowest BCUT2D eigenvalue weighted by atomic mass is 9.79. The quantitative estimate of drug-likeness (QED) is 0.897. The summed E-state index contributed by atoms with van der Waals surface area (Å²) in [6, 6.07) is 4.86. The van der Waals surface area contributed by atoms with Crippen molar-refractivity contribution in [3.05, 3.63) is 27.7 Å². The van der Waals surface area contributed by atoms with Crippen molar-refractivity contribution in [1.82, 2.24) is 10.2 Å². The molecule has 1 fully saturated rings. The van der Waals surface area contributed by atoms with E-state index in [0.717, 1.165) is 25.3 Å². The number of fused-ring (bicyclic) bond motifs is 1. The Morgan fingerprint density at radius 3 is 2.75 bits per heavy atom. The van der Waals surface area contributed by atoms with Crippen molar-refractivity contribution in [2.45, 2.75) is 31.7 Å². The molecule has 2 unspecified atom stereocenters. The average Bonchev–Trinajstić information content (AvgIpc) is 2.49. The van der Waals surface area contributed by atoms with Crippen molar-refractivity contribution in [3.63, 3.8) is 0 Å². The molecule has 3 rings (SSSR count). The van der Waals surface area contributed by atoms with Gasteiger partial charge in [-0.3, -0.25) is 4.90 Å². The third kappa shape index (κ3) is 2.49. The van der Waals surface area contributed by atoms with Crippen LogP contribution in [0.3, 0.4) is 0 Å². The topological polar surface area (TPSA) is 24.5 Å². The Kier molecular flexibility index (Phi) is 4.34. The van der Waals surface area contributed by atoms with E-state index in [2.05, 4.69) is 45.2 Å². The van der Waals surface area contributed by atoms with E-state index < -0.39 is 0 Å². The monoisotopic (exact) mass is 338 g/mol. The van der Waals surface area contributed by atoms with Crippen LogP contribution in [0.15, 0.2) is 16.6 Å². The van der Waals surface area contributed by atoms with Crippen LogP contribution in [0.5, 0.6) is 5.75 Å². The molecule has 110 valence electrons. The minimum Gasteiger partial charge on any atom is -0.496 e. The third-order valence-electron chi connectivity index (χ3n) is 4.82. The van der Waals surface area contributed by atoms with Gasteiger partial charge in [0.05, 0.1) is 7.11 Å². The Hall–Kier alpha value is -0.580. The van der Waals surface area contributed by atoms with Gasteiger partial charge in [0.15, 0.2) is 0 Å². The number of piperazine rings is 1. The maximum Gasteiger partial charge on any atom is 0.122 e. The van der Waals surface area contributed by atoms with Gasteiger partial charge in [-0.2, -0.15) is 0 Å². The Labute approximate surface area is 129 Å². The fourth-order valence-corrected chi connectivity index (χ4v) is 4.34. The zero-order valence-electron chi connectivity index (χ0n) is 12.3. The lowest BCUT2D eigenvalue weighted by Crippen LogP contribution is -2.51. The maximum absolute atomic E-state index is 5.62. The van der Waals surface area contributed by atoms with E-state index in [9.17, 15) is 0 Å². The van der Waals surface area contributed by atoms with E-state index >= 15 is 0 Å². The number of nitrogens with one attached hydrogen (secondary N) is 1. The van der Waals surface area contributed by atoms with Crippen molar-refractivity contribution >= 4 is 15.9 Å². The summed E-state index contributed by atoms with van der Waals surface area (Å²) >= 11 is 3.71. The van der Waals surface area contributed by atoms with Crippen LogP contribution in [0, 0.1) is 0 Å². The normalized spacial score (nSPS) is 27.1. The van der Waals surface area contributed by atoms with E-state index in [1.165, 1.54) is 35.1 Å². The number of halogens is 1. The molecule has 0 spiro atoms. The molecule has 1 N–H and O–H groups in total. The number of hydrogen-bond donors (Lipinski definition) is 1. The van der Waals surface area contributed by atoms with E-state index in [1.807, 2.05) is 0 Å². The highest BCUT2D eigenvalue weighted by molar-refractivity contribution is 9.10. The van der Waals surface area contributed by atoms with Crippen LogP contribution in [0.1, 0.15) is 30.4 Å². The molecule has 0 bridgehead atoms. The maximum atomic E-state index is 5.62. The lowest BCUT2D eigenvalue weighted by molar-refractivity contribution is 0.139. The summed E-state index contributed by atoms with van der Waals surface area (Å²) in [6.45, 7) is 6.93. The lowest BCUT2D eigenvalue weighted by Gasteiger charge is -2.42. The number of nitrogens with zero attached hydrogens (tertiary/aromatic N) is 1. The van der Waals surface area contributed by atoms with Crippen molar-refractivity contribution in [3.8, 4) is 5.75 Å². The number of methoxy groups -OCH3 is 1. The van der Waals surface area contributed by atoms with E-state index in [-0.39, 0.29) is 0 Å². The van der Waals surface area contributed by atoms with Crippen LogP contribution < -0.4 is 10.1 Å². The van der Waals surface area contributed by atoms with Gasteiger partial charge in [0, 0.05) is 48.2 Å². The average molecular weight is 339 g/mol. The van der Waals surface area contributed by atoms with Crippen molar-refractivity contribution in [2.24, 2.45) is 0 Å². The summed E-state index contributed by atoms with van der Waals surface area (Å²) in [6.07, 6.45) is 2.39. The van der Waals surface area contributed by atoms with Crippen LogP contribution in [-0.4, -0.2) is 44.2 Å². The van der Waals surface area contributed by atoms with Crippen molar-refractivity contribution in [2.75, 3.05) is 33.3 Å². The van der Waals surface area contributed by atoms with Crippen LogP contribution in [0.25, 0.3) is 0 Å². The molecule has 2 atom stereocenters. The number of rotatable bonds is 2. The molecule has 20 heavy (non-hydrogen) atoms. The van der Waals surface area contributed by atoms with E-state index in [0.29, 0.717) is 12.0 Å². The van der Waals surface area contributed by atoms with Gasteiger partial charge in [-0.15, -0.1) is 0 Å². The highest BCUT2D eigenvalue weighted by atomic mass is 79.9. The zero-order valence-corrected chi connectivity index (χ0v) is 13.9. The molecule has 2 aliphatic rings. The second-order valence-electron chi connectivity index (χ2n) is 5.82. The van der Waals surface area contributed by atoms with Crippen LogP contribution >= 0.6 is 15.9 Å². The fourth-order valence-electron chi connectivity index (χ4n) is 3.80. The van der Waals surface area contributed by atoms with Gasteiger partial charge in [-0.1, -0.05) is 22.9 Å². The van der Waals surface area contributed by atoms with Crippen LogP contribution in [-0.2, 0) is 6.42 Å². The number of hydrogen-bond acceptors (Lipinski definition) is 3. The van der Waals surface area contributed by atoms with Gasteiger partial charge in [-0.05, 0) is 30.5 Å². The standard InChI is InChI=1S/C16H23BrN2O/c1-11-14(19-9-7-18-8-10-19)5-3-12-13(17)4-6-15(20-2)16(11)12/h4,6,11,14,18H,3,5,7-10H2,1-2H3. The Morgan fingerprint density at radius 2 is 2.05 bits per heavy atom. The SMILES string of the molecule is COc1ccc(Br)c2c1C(C)C(N1CCNCC1)CC2. The highest BCUT2D eigenvalue weighted by Crippen LogP contribution is 2.42. The Morgan fingerprint density at radius 1 is 1.30 bits per heavy atom. The summed E-state index contributed by atoms with van der Waals surface area (Å²) in [5, 5.41) is 3.45. The minimum absolute atomic E-state index is 0.532. The number of benzene rings is 1. The molecular weight excluding hydrogens is 316 g/mol. The van der Waals surface area contributed by atoms with Gasteiger partial charge in [0.25, 0.3) is 0 Å². The molecule has 1 aromatic rings. The molecule has 1 aliphatic carbocycles. The smallest absolute Gasteiger partial charge is 0.122 e. The highest BCUT2D eigenvalue weighted by Gasteiger charge is 2.34. The fraction of sp³-hybridized carbons (Fsp3) is 0.625. The summed E-state index contributed by atoms with van der Waals surface area (Å²) in [5.74, 6) is 1.58. The third-order valence-corrected chi connectivity index (χ3v) is 5.57. The van der Waals surface area contributed by atoms with Crippen LogP contribution in [0.4, 0.5) is 0 Å². The summed E-state index contributed by atoms with van der Waals surface area (Å²) in [4.78, 5) is 2.66. The second kappa shape index (κ2) is 6.04. The number of ether oxygens (including phenoxy) is 1. The molecular formula is C16H23BrN2O. The Bertz CT molecular complexity index is 486. The molecule has 1 aliphatic heterocycles. The largest absolute Gasteiger partial charge is 0.496 e. The zero-order chi connectivity index (χ0) is 14.1. The molecule has 1 aromatic carbocycles. The van der Waals surface area contributed by atoms with E-state index in [4.69, 9.17) is 4.74 Å². The van der Waals surface area contributed by atoms with Crippen LogP contribution in [0.2, 0.25) is 0 Å². The molecule has 0 radical (unpaired) electrons. The van der Waals surface area contributed by atoms with Crippen molar-refractivity contribution < 1.29 is 4.74 Å². The predicted molar refractivity (Wildman–Crippen MR) is 85.7 cm³/mol. The molecule has 4 heteroatoms. The second-order valence-corrected chi connectivity index (χ2v) is 6.68. The van der Waals surface area contributed by atoms with Crippen molar-refractivity contribution in [1.29, 1.82) is 0 Å². The molecule has 0 saturated carbocycles. The summed E-state index contributed by atoms with van der Waals surface area (Å²) < 4.78 is 6.86. The molecule has 1 heterocycles. The van der Waals surface area contributed by atoms with Gasteiger partial charge in [0.1, 0.15) is 5.75 Å². The first kappa shape index (κ1) is 14.4. The molecule has 1 saturated heterocycles. The van der Waals surface area contributed by atoms with Gasteiger partial charge < -0.3 is 10.1 Å². The molecule has 3 nitrogen and oxygen atoms in total. The Balaban J connectivity index is 1.92. The predicted octanol–water partition coefficient (Wildman–Crippen LogP) is 2.78. The minimum atomic E-state index is 0.532. The van der Waals surface area contributed by atoms with Gasteiger partial charge >= 0.3 is 0 Å². The first-order valence-electron chi connectivity index (χ1n) is 7.52. The molecule has 0 amide bonds. The summed E-state index contributed by atoms with van der Waals surface area (Å²) in [5.41, 5.74) is 2.86. The van der Waals surface area contributed by atoms with Gasteiger partial charge in [-0.25, -0.2) is 0 Å². The summed E-state index contributed by atoms with van der Waals surface area (Å²) in [7, 11) is 1.78. The molecule has 0 aromatic heterocycles.